The molecule has 2 rings (SSSR count). The lowest BCUT2D eigenvalue weighted by atomic mass is 10.2. The summed E-state index contributed by atoms with van der Waals surface area (Å²) in [6.45, 7) is 0.226. The standard InChI is InChI=1S/C14H16ClF3N4S/c1-21(7-5-12(23-2)14(16,17)18)11-9-22(20-13(11)15)10-4-3-6-19-8-10/h3-4,6,8-9,12H,5,7H2,1-2H3. The van der Waals surface area contributed by atoms with Crippen molar-refractivity contribution in [3.63, 3.8) is 0 Å². The van der Waals surface area contributed by atoms with Crippen molar-refractivity contribution < 1.29 is 13.2 Å². The van der Waals surface area contributed by atoms with Crippen LogP contribution in [0.25, 0.3) is 5.69 Å². The van der Waals surface area contributed by atoms with Crippen molar-refractivity contribution in [3.05, 3.63) is 35.9 Å². The molecule has 0 amide bonds. The molecule has 0 fully saturated rings. The van der Waals surface area contributed by atoms with Crippen molar-refractivity contribution >= 4 is 29.1 Å². The normalized spacial score (nSPS) is 13.1. The Kier molecular flexibility index (Phi) is 5.80. The Labute approximate surface area is 141 Å². The van der Waals surface area contributed by atoms with Crippen LogP contribution in [-0.2, 0) is 0 Å². The van der Waals surface area contributed by atoms with E-state index in [1.54, 1.807) is 41.3 Å². The first-order valence-electron chi connectivity index (χ1n) is 6.79. The van der Waals surface area contributed by atoms with Crippen molar-refractivity contribution in [3.8, 4) is 5.69 Å². The van der Waals surface area contributed by atoms with Crippen LogP contribution in [0.1, 0.15) is 6.42 Å². The van der Waals surface area contributed by atoms with Crippen molar-refractivity contribution in [2.24, 2.45) is 0 Å². The largest absolute Gasteiger partial charge is 0.400 e. The highest BCUT2D eigenvalue weighted by Gasteiger charge is 2.38. The first kappa shape index (κ1) is 17.9. The third kappa shape index (κ3) is 4.54. The lowest BCUT2D eigenvalue weighted by molar-refractivity contribution is -0.129. The summed E-state index contributed by atoms with van der Waals surface area (Å²) in [5.41, 5.74) is 1.31. The molecule has 126 valence electrons. The number of aromatic nitrogens is 3. The van der Waals surface area contributed by atoms with Crippen LogP contribution in [-0.4, -0.2) is 46.0 Å². The molecule has 2 heterocycles. The number of pyridine rings is 1. The quantitative estimate of drug-likeness (QED) is 0.774. The molecule has 0 saturated heterocycles. The van der Waals surface area contributed by atoms with E-state index in [0.717, 1.165) is 17.4 Å². The maximum absolute atomic E-state index is 12.8. The lowest BCUT2D eigenvalue weighted by Gasteiger charge is -2.22. The van der Waals surface area contributed by atoms with E-state index >= 15 is 0 Å². The molecule has 0 aliphatic carbocycles. The number of nitrogens with zero attached hydrogens (tertiary/aromatic N) is 4. The predicted octanol–water partition coefficient (Wildman–Crippen LogP) is 4.04. The van der Waals surface area contributed by atoms with E-state index < -0.39 is 11.4 Å². The molecule has 0 aliphatic heterocycles. The fourth-order valence-corrected chi connectivity index (χ4v) is 2.95. The van der Waals surface area contributed by atoms with Gasteiger partial charge in [0.1, 0.15) is 5.25 Å². The zero-order valence-corrected chi connectivity index (χ0v) is 14.2. The van der Waals surface area contributed by atoms with Gasteiger partial charge in [-0.05, 0) is 24.8 Å². The Morgan fingerprint density at radius 2 is 2.17 bits per heavy atom. The third-order valence-corrected chi connectivity index (χ3v) is 4.69. The van der Waals surface area contributed by atoms with Crippen LogP contribution in [0.5, 0.6) is 0 Å². The van der Waals surface area contributed by atoms with Gasteiger partial charge in [-0.3, -0.25) is 4.98 Å². The van der Waals surface area contributed by atoms with Crippen LogP contribution >= 0.6 is 23.4 Å². The summed E-state index contributed by atoms with van der Waals surface area (Å²) in [6.07, 6.45) is 2.19. The molecule has 0 bridgehead atoms. The van der Waals surface area contributed by atoms with Gasteiger partial charge in [0.25, 0.3) is 0 Å². The number of rotatable bonds is 6. The number of anilines is 1. The molecule has 0 aromatic carbocycles. The molecule has 2 aromatic heterocycles. The van der Waals surface area contributed by atoms with Crippen molar-refractivity contribution in [2.45, 2.75) is 17.8 Å². The molecule has 2 aromatic rings. The fourth-order valence-electron chi connectivity index (χ4n) is 2.07. The smallest absolute Gasteiger partial charge is 0.371 e. The monoisotopic (exact) mass is 364 g/mol. The summed E-state index contributed by atoms with van der Waals surface area (Å²) < 4.78 is 39.9. The van der Waals surface area contributed by atoms with Crippen LogP contribution in [0.4, 0.5) is 18.9 Å². The first-order chi connectivity index (χ1) is 10.8. The van der Waals surface area contributed by atoms with E-state index in [1.807, 2.05) is 6.07 Å². The number of alkyl halides is 3. The van der Waals surface area contributed by atoms with Crippen LogP contribution in [0.15, 0.2) is 30.7 Å². The zero-order chi connectivity index (χ0) is 17.0. The van der Waals surface area contributed by atoms with Gasteiger partial charge < -0.3 is 4.90 Å². The molecule has 1 atom stereocenters. The van der Waals surface area contributed by atoms with Crippen molar-refractivity contribution in [2.75, 3.05) is 24.7 Å². The summed E-state index contributed by atoms with van der Waals surface area (Å²) in [5, 5.41) is 3.02. The molecule has 1 unspecified atom stereocenters. The lowest BCUT2D eigenvalue weighted by Crippen LogP contribution is -2.30. The molecular weight excluding hydrogens is 349 g/mol. The highest BCUT2D eigenvalue weighted by atomic mass is 35.5. The Balaban J connectivity index is 2.08. The minimum absolute atomic E-state index is 0.0183. The van der Waals surface area contributed by atoms with Gasteiger partial charge in [-0.2, -0.15) is 30.0 Å². The summed E-state index contributed by atoms with van der Waals surface area (Å²) in [5.74, 6) is 0. The van der Waals surface area contributed by atoms with Crippen LogP contribution in [0.3, 0.4) is 0 Å². The Hall–Kier alpha value is -1.41. The molecule has 9 heteroatoms. The zero-order valence-electron chi connectivity index (χ0n) is 12.6. The van der Waals surface area contributed by atoms with E-state index in [4.69, 9.17) is 11.6 Å². The summed E-state index contributed by atoms with van der Waals surface area (Å²) in [6, 6.07) is 3.58. The second kappa shape index (κ2) is 7.44. The topological polar surface area (TPSA) is 34.0 Å². The van der Waals surface area contributed by atoms with Crippen molar-refractivity contribution in [1.29, 1.82) is 0 Å². The molecule has 0 radical (unpaired) electrons. The van der Waals surface area contributed by atoms with Gasteiger partial charge in [-0.1, -0.05) is 11.6 Å². The van der Waals surface area contributed by atoms with Crippen LogP contribution in [0, 0.1) is 0 Å². The van der Waals surface area contributed by atoms with Crippen LogP contribution in [0.2, 0.25) is 5.15 Å². The second-order valence-corrected chi connectivity index (χ2v) is 6.34. The molecule has 0 saturated carbocycles. The van der Waals surface area contributed by atoms with E-state index in [9.17, 15) is 13.2 Å². The second-order valence-electron chi connectivity index (χ2n) is 4.94. The van der Waals surface area contributed by atoms with E-state index in [-0.39, 0.29) is 18.1 Å². The van der Waals surface area contributed by atoms with Gasteiger partial charge in [0.15, 0.2) is 5.15 Å². The van der Waals surface area contributed by atoms with Crippen molar-refractivity contribution in [1.82, 2.24) is 14.8 Å². The van der Waals surface area contributed by atoms with Gasteiger partial charge in [-0.25, -0.2) is 4.68 Å². The fraction of sp³-hybridized carbons (Fsp3) is 0.429. The highest BCUT2D eigenvalue weighted by Crippen LogP contribution is 2.32. The van der Waals surface area contributed by atoms with Gasteiger partial charge in [-0.15, -0.1) is 0 Å². The molecule has 23 heavy (non-hydrogen) atoms. The Bertz CT molecular complexity index is 633. The summed E-state index contributed by atoms with van der Waals surface area (Å²) >= 11 is 6.91. The number of hydrogen-bond acceptors (Lipinski definition) is 4. The Morgan fingerprint density at radius 3 is 2.74 bits per heavy atom. The molecule has 0 N–H and O–H groups in total. The van der Waals surface area contributed by atoms with Crippen LogP contribution < -0.4 is 4.90 Å². The first-order valence-corrected chi connectivity index (χ1v) is 8.45. The van der Waals surface area contributed by atoms with Gasteiger partial charge >= 0.3 is 6.18 Å². The molecule has 0 aliphatic rings. The molecular formula is C14H16ClF3N4S. The minimum Gasteiger partial charge on any atom is -0.371 e. The average Bonchev–Trinajstić information content (AvgIpc) is 2.89. The summed E-state index contributed by atoms with van der Waals surface area (Å²) in [7, 11) is 1.70. The maximum Gasteiger partial charge on any atom is 0.400 e. The Morgan fingerprint density at radius 1 is 1.43 bits per heavy atom. The number of thioether (sulfide) groups is 1. The third-order valence-electron chi connectivity index (χ3n) is 3.35. The summed E-state index contributed by atoms with van der Waals surface area (Å²) in [4.78, 5) is 5.67. The maximum atomic E-state index is 12.8. The average molecular weight is 365 g/mol. The van der Waals surface area contributed by atoms with Gasteiger partial charge in [0.2, 0.25) is 0 Å². The van der Waals surface area contributed by atoms with Gasteiger partial charge in [0, 0.05) is 19.8 Å². The molecule has 0 spiro atoms. The van der Waals surface area contributed by atoms with E-state index in [0.29, 0.717) is 5.69 Å². The van der Waals surface area contributed by atoms with E-state index in [1.165, 1.54) is 6.26 Å². The number of halogens is 4. The minimum atomic E-state index is -4.20. The number of hydrogen-bond donors (Lipinski definition) is 0. The predicted molar refractivity (Wildman–Crippen MR) is 87.6 cm³/mol. The SMILES string of the molecule is CSC(CCN(C)c1cn(-c2cccnc2)nc1Cl)C(F)(F)F. The van der Waals surface area contributed by atoms with E-state index in [2.05, 4.69) is 10.1 Å². The highest BCUT2D eigenvalue weighted by molar-refractivity contribution is 7.99. The molecule has 4 nitrogen and oxygen atoms in total. The van der Waals surface area contributed by atoms with Gasteiger partial charge in [0.05, 0.1) is 23.8 Å².